The first-order valence-corrected chi connectivity index (χ1v) is 8.10. The number of hydrogen-bond acceptors (Lipinski definition) is 4. The average molecular weight is 372 g/mol. The fourth-order valence-corrected chi connectivity index (χ4v) is 2.31. The van der Waals surface area contributed by atoms with Gasteiger partial charge in [0.05, 0.1) is 5.69 Å². The molecular weight excluding hydrogens is 357 g/mol. The van der Waals surface area contributed by atoms with Crippen LogP contribution in [0, 0.1) is 17.5 Å². The molecule has 1 heterocycles. The molecule has 3 aromatic rings. The second kappa shape index (κ2) is 8.31. The smallest absolute Gasteiger partial charge is 0.271 e. The number of nitrogens with one attached hydrogen (secondary N) is 2. The van der Waals surface area contributed by atoms with E-state index in [-0.39, 0.29) is 23.0 Å². The molecule has 1 aromatic heterocycles. The Morgan fingerprint density at radius 1 is 0.889 bits per heavy atom. The molecule has 3 rings (SSSR count). The number of carbonyl (C=O) groups excluding carboxylic acids is 1. The third kappa shape index (κ3) is 5.04. The summed E-state index contributed by atoms with van der Waals surface area (Å²) in [5.74, 6) is -1.96. The summed E-state index contributed by atoms with van der Waals surface area (Å²) < 4.78 is 39.3. The van der Waals surface area contributed by atoms with Crippen LogP contribution in [0.3, 0.4) is 0 Å². The van der Waals surface area contributed by atoms with Crippen LogP contribution in [0.15, 0.2) is 54.6 Å². The molecule has 0 bridgehead atoms. The van der Waals surface area contributed by atoms with Crippen molar-refractivity contribution in [1.82, 2.24) is 15.5 Å². The van der Waals surface area contributed by atoms with Gasteiger partial charge in [0, 0.05) is 12.6 Å². The summed E-state index contributed by atoms with van der Waals surface area (Å²) >= 11 is 0. The summed E-state index contributed by atoms with van der Waals surface area (Å²) in [6.07, 6.45) is 0.545. The van der Waals surface area contributed by atoms with E-state index < -0.39 is 17.5 Å². The van der Waals surface area contributed by atoms with Crippen molar-refractivity contribution in [2.75, 3.05) is 11.9 Å². The Labute approximate surface area is 153 Å². The minimum Gasteiger partial charge on any atom is -0.350 e. The van der Waals surface area contributed by atoms with Gasteiger partial charge in [0.15, 0.2) is 11.5 Å². The normalized spacial score (nSPS) is 10.5. The molecule has 138 valence electrons. The largest absolute Gasteiger partial charge is 0.350 e. The van der Waals surface area contributed by atoms with E-state index in [1.807, 2.05) is 0 Å². The quantitative estimate of drug-likeness (QED) is 0.694. The highest BCUT2D eigenvalue weighted by Gasteiger charge is 2.09. The van der Waals surface area contributed by atoms with Crippen LogP contribution < -0.4 is 10.6 Å². The van der Waals surface area contributed by atoms with Crippen LogP contribution >= 0.6 is 0 Å². The van der Waals surface area contributed by atoms with Crippen molar-refractivity contribution < 1.29 is 18.0 Å². The van der Waals surface area contributed by atoms with Crippen LogP contribution in [0.2, 0.25) is 0 Å². The molecule has 0 saturated carbocycles. The number of halogens is 3. The minimum atomic E-state index is -0.764. The summed E-state index contributed by atoms with van der Waals surface area (Å²) in [5, 5.41) is 12.9. The molecule has 0 saturated heterocycles. The third-order valence-corrected chi connectivity index (χ3v) is 3.70. The number of anilines is 2. The van der Waals surface area contributed by atoms with E-state index in [0.29, 0.717) is 13.0 Å². The molecule has 2 N–H and O–H groups in total. The first-order chi connectivity index (χ1) is 13.0. The average Bonchev–Trinajstić information content (AvgIpc) is 2.66. The fourth-order valence-electron chi connectivity index (χ4n) is 2.31. The maximum absolute atomic E-state index is 13.6. The van der Waals surface area contributed by atoms with Crippen molar-refractivity contribution in [3.05, 3.63) is 83.3 Å². The number of benzene rings is 2. The van der Waals surface area contributed by atoms with Gasteiger partial charge >= 0.3 is 0 Å². The van der Waals surface area contributed by atoms with Gasteiger partial charge in [0.1, 0.15) is 17.5 Å². The van der Waals surface area contributed by atoms with E-state index in [0.717, 1.165) is 17.7 Å². The Morgan fingerprint density at radius 2 is 1.63 bits per heavy atom. The van der Waals surface area contributed by atoms with Gasteiger partial charge in [-0.25, -0.2) is 13.2 Å². The van der Waals surface area contributed by atoms with Crippen molar-refractivity contribution in [2.24, 2.45) is 0 Å². The van der Waals surface area contributed by atoms with Crippen molar-refractivity contribution in [3.63, 3.8) is 0 Å². The summed E-state index contributed by atoms with van der Waals surface area (Å²) in [4.78, 5) is 12.1. The standard InChI is InChI=1S/C19H15F3N4O/c20-13-3-1-12(2-4-13)9-10-23-19(27)17-7-8-18(26-25-17)24-16-6-5-14(21)11-15(16)22/h1-8,11H,9-10H2,(H,23,27)(H,24,26). The second-order valence-electron chi connectivity index (χ2n) is 5.69. The van der Waals surface area contributed by atoms with Crippen LogP contribution in [0.5, 0.6) is 0 Å². The predicted molar refractivity (Wildman–Crippen MR) is 94.1 cm³/mol. The lowest BCUT2D eigenvalue weighted by Gasteiger charge is -2.07. The molecule has 0 unspecified atom stereocenters. The van der Waals surface area contributed by atoms with Gasteiger partial charge in [-0.1, -0.05) is 12.1 Å². The highest BCUT2D eigenvalue weighted by atomic mass is 19.1. The summed E-state index contributed by atoms with van der Waals surface area (Å²) in [7, 11) is 0. The molecule has 0 aliphatic rings. The molecule has 0 fully saturated rings. The van der Waals surface area contributed by atoms with Crippen LogP contribution in [-0.2, 0) is 6.42 Å². The van der Waals surface area contributed by atoms with Crippen LogP contribution in [0.1, 0.15) is 16.1 Å². The summed E-state index contributed by atoms with van der Waals surface area (Å²) in [5.41, 5.74) is 1.03. The minimum absolute atomic E-state index is 0.0437. The molecule has 1 amide bonds. The van der Waals surface area contributed by atoms with Gasteiger partial charge in [-0.3, -0.25) is 4.79 Å². The Morgan fingerprint density at radius 3 is 2.30 bits per heavy atom. The topological polar surface area (TPSA) is 66.9 Å². The first kappa shape index (κ1) is 18.4. The van der Waals surface area contributed by atoms with E-state index in [2.05, 4.69) is 20.8 Å². The molecule has 0 spiro atoms. The van der Waals surface area contributed by atoms with Gasteiger partial charge in [-0.2, -0.15) is 0 Å². The van der Waals surface area contributed by atoms with Crippen LogP contribution in [0.4, 0.5) is 24.7 Å². The SMILES string of the molecule is O=C(NCCc1ccc(F)cc1)c1ccc(Nc2ccc(F)cc2F)nn1. The van der Waals surface area contributed by atoms with E-state index >= 15 is 0 Å². The molecule has 8 heteroatoms. The van der Waals surface area contributed by atoms with Gasteiger partial charge in [0.2, 0.25) is 0 Å². The van der Waals surface area contributed by atoms with Crippen LogP contribution in [-0.4, -0.2) is 22.6 Å². The summed E-state index contributed by atoms with van der Waals surface area (Å²) in [6.45, 7) is 0.354. The lowest BCUT2D eigenvalue weighted by molar-refractivity contribution is 0.0948. The molecule has 0 aliphatic heterocycles. The zero-order valence-corrected chi connectivity index (χ0v) is 14.0. The van der Waals surface area contributed by atoms with Gasteiger partial charge in [-0.15, -0.1) is 10.2 Å². The number of amides is 1. The number of rotatable bonds is 6. The zero-order chi connectivity index (χ0) is 19.2. The molecule has 2 aromatic carbocycles. The molecule has 0 radical (unpaired) electrons. The molecule has 27 heavy (non-hydrogen) atoms. The molecule has 0 atom stereocenters. The number of carbonyl (C=O) groups is 1. The van der Waals surface area contributed by atoms with Gasteiger partial charge in [0.25, 0.3) is 5.91 Å². The van der Waals surface area contributed by atoms with Gasteiger partial charge < -0.3 is 10.6 Å². The Hall–Kier alpha value is -3.42. The van der Waals surface area contributed by atoms with E-state index in [1.165, 1.54) is 30.3 Å². The fraction of sp³-hybridized carbons (Fsp3) is 0.105. The highest BCUT2D eigenvalue weighted by Crippen LogP contribution is 2.18. The lowest BCUT2D eigenvalue weighted by Crippen LogP contribution is -2.26. The highest BCUT2D eigenvalue weighted by molar-refractivity contribution is 5.92. The zero-order valence-electron chi connectivity index (χ0n) is 14.0. The van der Waals surface area contributed by atoms with Crippen molar-refractivity contribution >= 4 is 17.4 Å². The maximum Gasteiger partial charge on any atom is 0.271 e. The molecular formula is C19H15F3N4O. The van der Waals surface area contributed by atoms with Crippen molar-refractivity contribution in [2.45, 2.75) is 6.42 Å². The van der Waals surface area contributed by atoms with Crippen molar-refractivity contribution in [3.8, 4) is 0 Å². The molecule has 0 aliphatic carbocycles. The lowest BCUT2D eigenvalue weighted by atomic mass is 10.1. The Bertz CT molecular complexity index is 931. The van der Waals surface area contributed by atoms with Gasteiger partial charge in [-0.05, 0) is 48.4 Å². The van der Waals surface area contributed by atoms with E-state index in [9.17, 15) is 18.0 Å². The predicted octanol–water partition coefficient (Wildman–Crippen LogP) is 3.61. The second-order valence-corrected chi connectivity index (χ2v) is 5.69. The first-order valence-electron chi connectivity index (χ1n) is 8.10. The van der Waals surface area contributed by atoms with Crippen molar-refractivity contribution in [1.29, 1.82) is 0 Å². The monoisotopic (exact) mass is 372 g/mol. The Balaban J connectivity index is 1.54. The number of aromatic nitrogens is 2. The molecule has 5 nitrogen and oxygen atoms in total. The van der Waals surface area contributed by atoms with E-state index in [1.54, 1.807) is 12.1 Å². The number of nitrogens with zero attached hydrogens (tertiary/aromatic N) is 2. The van der Waals surface area contributed by atoms with E-state index in [4.69, 9.17) is 0 Å². The number of hydrogen-bond donors (Lipinski definition) is 2. The Kier molecular flexibility index (Phi) is 5.65. The summed E-state index contributed by atoms with van der Waals surface area (Å²) in [6, 6.07) is 12.0. The third-order valence-electron chi connectivity index (χ3n) is 3.70. The van der Waals surface area contributed by atoms with Crippen LogP contribution in [0.25, 0.3) is 0 Å². The maximum atomic E-state index is 13.6.